The average Bonchev–Trinajstić information content (AvgIpc) is 3.41. The van der Waals surface area contributed by atoms with Gasteiger partial charge in [0.2, 0.25) is 0 Å². The lowest BCUT2D eigenvalue weighted by Gasteiger charge is -2.32. The van der Waals surface area contributed by atoms with Crippen LogP contribution in [0.5, 0.6) is 5.75 Å². The van der Waals surface area contributed by atoms with Gasteiger partial charge in [0.25, 0.3) is 5.91 Å². The van der Waals surface area contributed by atoms with Crippen molar-refractivity contribution in [1.29, 1.82) is 0 Å². The molecule has 0 radical (unpaired) electrons. The van der Waals surface area contributed by atoms with E-state index >= 15 is 0 Å². The van der Waals surface area contributed by atoms with Gasteiger partial charge in [-0.1, -0.05) is 43.1 Å². The lowest BCUT2D eigenvalue weighted by molar-refractivity contribution is 0.0966. The summed E-state index contributed by atoms with van der Waals surface area (Å²) >= 11 is 0. The summed E-state index contributed by atoms with van der Waals surface area (Å²) in [5.74, 6) is 1.21. The molecular weight excluding hydrogens is 435 g/mol. The molecule has 6 heteroatoms. The second-order valence-corrected chi connectivity index (χ2v) is 10.1. The number of methoxy groups -OCH3 is 1. The second-order valence-electron chi connectivity index (χ2n) is 10.1. The number of unbranched alkanes of at least 4 members (excludes halogenated alkanes) is 1. The van der Waals surface area contributed by atoms with Crippen molar-refractivity contribution in [3.05, 3.63) is 69.7 Å². The van der Waals surface area contributed by atoms with Crippen molar-refractivity contribution in [2.75, 3.05) is 31.8 Å². The summed E-state index contributed by atoms with van der Waals surface area (Å²) in [5, 5.41) is 3.16. The Balaban J connectivity index is 1.53. The zero-order valence-electron chi connectivity index (χ0n) is 20.9. The minimum atomic E-state index is 0.0627. The summed E-state index contributed by atoms with van der Waals surface area (Å²) in [7, 11) is 3.89. The number of allylic oxidation sites excluding steroid dienone is 2. The molecule has 0 saturated carbocycles. The number of nitrogens with zero attached hydrogens (tertiary/aromatic N) is 1. The standard InChI is InChI=1S/C29H33BN2O3/c1-3-4-12-35-13-11-32-24-10-6-18(30)15-22(24)26-23-16-31-29(33)27(23)25-20-9-7-19(34-2)14-17(20)5-8-21(25)28(26)32/h6-7,9-10,14-15,22,24H,3-5,8,11-13,16,30H2,1-2H3,(H,31,33). The van der Waals surface area contributed by atoms with E-state index in [0.29, 0.717) is 6.54 Å². The van der Waals surface area contributed by atoms with Crippen molar-refractivity contribution in [2.45, 2.75) is 51.1 Å². The third kappa shape index (κ3) is 3.53. The van der Waals surface area contributed by atoms with E-state index in [4.69, 9.17) is 9.47 Å². The van der Waals surface area contributed by atoms with Crippen LogP contribution in [0.3, 0.4) is 0 Å². The van der Waals surface area contributed by atoms with Gasteiger partial charge in [-0.15, -0.1) is 0 Å². The highest BCUT2D eigenvalue weighted by atomic mass is 16.5. The number of anilines is 1. The molecule has 1 N–H and O–H groups in total. The number of amides is 1. The monoisotopic (exact) mass is 468 g/mol. The maximum absolute atomic E-state index is 13.2. The molecule has 180 valence electrons. The fourth-order valence-corrected chi connectivity index (χ4v) is 6.47. The van der Waals surface area contributed by atoms with Gasteiger partial charge in [0, 0.05) is 36.9 Å². The van der Waals surface area contributed by atoms with Crippen LogP contribution in [0.25, 0.3) is 11.1 Å². The van der Waals surface area contributed by atoms with Crippen molar-refractivity contribution >= 4 is 19.4 Å². The Bertz CT molecular complexity index is 1270. The number of ether oxygens (including phenoxy) is 2. The molecule has 0 fully saturated rings. The van der Waals surface area contributed by atoms with Gasteiger partial charge in [-0.25, -0.2) is 0 Å². The Hall–Kier alpha value is -2.99. The number of hydrogen-bond donors (Lipinski definition) is 1. The molecule has 4 aliphatic rings. The van der Waals surface area contributed by atoms with Crippen LogP contribution >= 0.6 is 0 Å². The summed E-state index contributed by atoms with van der Waals surface area (Å²) in [6.07, 6.45) is 11.1. The van der Waals surface area contributed by atoms with Gasteiger partial charge in [0.15, 0.2) is 0 Å². The zero-order valence-corrected chi connectivity index (χ0v) is 20.9. The first-order chi connectivity index (χ1) is 17.1. The quantitative estimate of drug-likeness (QED) is 0.495. The van der Waals surface area contributed by atoms with Crippen LogP contribution in [0, 0.1) is 0 Å². The Labute approximate surface area is 208 Å². The number of hydrogen-bond acceptors (Lipinski definition) is 4. The van der Waals surface area contributed by atoms with Gasteiger partial charge in [-0.3, -0.25) is 4.79 Å². The summed E-state index contributed by atoms with van der Waals surface area (Å²) in [5.41, 5.74) is 11.0. The smallest absolute Gasteiger partial charge is 0.252 e. The van der Waals surface area contributed by atoms with E-state index in [1.54, 1.807) is 7.11 Å². The fraction of sp³-hybridized carbons (Fsp3) is 0.414. The number of carbonyl (C=O) groups is 1. The number of rotatable bonds is 7. The molecule has 2 aromatic carbocycles. The normalized spacial score (nSPS) is 21.0. The molecule has 0 spiro atoms. The molecule has 0 aromatic heterocycles. The molecule has 2 aliphatic heterocycles. The molecule has 2 atom stereocenters. The van der Waals surface area contributed by atoms with Crippen LogP contribution in [-0.4, -0.2) is 46.7 Å². The van der Waals surface area contributed by atoms with Crippen LogP contribution in [0.15, 0.2) is 41.9 Å². The van der Waals surface area contributed by atoms with E-state index in [1.165, 1.54) is 39.0 Å². The van der Waals surface area contributed by atoms with E-state index < -0.39 is 0 Å². The van der Waals surface area contributed by atoms with Crippen LogP contribution in [-0.2, 0) is 24.1 Å². The molecule has 2 aromatic rings. The number of nitrogens with one attached hydrogen (secondary N) is 1. The van der Waals surface area contributed by atoms with Crippen LogP contribution < -0.4 is 15.0 Å². The van der Waals surface area contributed by atoms with Gasteiger partial charge in [0.05, 0.1) is 25.3 Å². The summed E-state index contributed by atoms with van der Waals surface area (Å²) in [6.45, 7) is 5.20. The number of fused-ring (bicyclic) bond motifs is 10. The average molecular weight is 468 g/mol. The predicted octanol–water partition coefficient (Wildman–Crippen LogP) is 3.88. The van der Waals surface area contributed by atoms with E-state index in [2.05, 4.69) is 55.3 Å². The molecule has 1 amide bonds. The summed E-state index contributed by atoms with van der Waals surface area (Å²) in [4.78, 5) is 15.8. The Morgan fingerprint density at radius 1 is 1.17 bits per heavy atom. The molecule has 5 nitrogen and oxygen atoms in total. The highest BCUT2D eigenvalue weighted by Gasteiger charge is 2.45. The molecule has 0 bridgehead atoms. The third-order valence-electron chi connectivity index (χ3n) is 8.06. The van der Waals surface area contributed by atoms with Crippen molar-refractivity contribution in [2.24, 2.45) is 0 Å². The van der Waals surface area contributed by atoms with Crippen molar-refractivity contribution in [1.82, 2.24) is 5.32 Å². The van der Waals surface area contributed by atoms with E-state index in [-0.39, 0.29) is 17.9 Å². The molecule has 0 saturated heterocycles. The first-order valence-corrected chi connectivity index (χ1v) is 13.0. The highest BCUT2D eigenvalue weighted by molar-refractivity contribution is 6.23. The number of carbonyl (C=O) groups excluding carboxylic acids is 1. The minimum Gasteiger partial charge on any atom is -0.497 e. The zero-order chi connectivity index (χ0) is 24.1. The van der Waals surface area contributed by atoms with E-state index in [0.717, 1.165) is 62.3 Å². The van der Waals surface area contributed by atoms with Crippen LogP contribution in [0.2, 0.25) is 0 Å². The Morgan fingerprint density at radius 2 is 2.06 bits per heavy atom. The topological polar surface area (TPSA) is 50.8 Å². The molecule has 2 unspecified atom stereocenters. The van der Waals surface area contributed by atoms with Crippen LogP contribution in [0.4, 0.5) is 5.69 Å². The Kier molecular flexibility index (Phi) is 5.72. The molecule has 35 heavy (non-hydrogen) atoms. The maximum atomic E-state index is 13.2. The number of benzene rings is 2. The Morgan fingerprint density at radius 3 is 2.89 bits per heavy atom. The third-order valence-corrected chi connectivity index (χ3v) is 8.06. The molecule has 2 aliphatic carbocycles. The first-order valence-electron chi connectivity index (χ1n) is 13.0. The van der Waals surface area contributed by atoms with Gasteiger partial charge in [0.1, 0.15) is 13.6 Å². The second kappa shape index (κ2) is 8.91. The first kappa shape index (κ1) is 22.5. The minimum absolute atomic E-state index is 0.0627. The summed E-state index contributed by atoms with van der Waals surface area (Å²) in [6, 6.07) is 6.58. The van der Waals surface area contributed by atoms with Crippen LogP contribution in [0.1, 0.15) is 58.3 Å². The van der Waals surface area contributed by atoms with Crippen molar-refractivity contribution in [3.8, 4) is 16.9 Å². The molecular formula is C29H33BN2O3. The number of aryl methyl sites for hydroxylation is 1. The largest absolute Gasteiger partial charge is 0.497 e. The van der Waals surface area contributed by atoms with Crippen molar-refractivity contribution < 1.29 is 14.3 Å². The molecule has 6 rings (SSSR count). The lowest BCUT2D eigenvalue weighted by Crippen LogP contribution is -2.36. The van der Waals surface area contributed by atoms with Gasteiger partial charge < -0.3 is 19.7 Å². The summed E-state index contributed by atoms with van der Waals surface area (Å²) < 4.78 is 11.5. The highest BCUT2D eigenvalue weighted by Crippen LogP contribution is 2.54. The van der Waals surface area contributed by atoms with Crippen molar-refractivity contribution in [3.63, 3.8) is 0 Å². The molecule has 2 heterocycles. The fourth-order valence-electron chi connectivity index (χ4n) is 6.47. The van der Waals surface area contributed by atoms with E-state index in [1.807, 2.05) is 6.07 Å². The maximum Gasteiger partial charge on any atom is 0.252 e. The van der Waals surface area contributed by atoms with Gasteiger partial charge in [-0.05, 0) is 59.2 Å². The lowest BCUT2D eigenvalue weighted by atomic mass is 9.76. The van der Waals surface area contributed by atoms with Gasteiger partial charge >= 0.3 is 0 Å². The predicted molar refractivity (Wildman–Crippen MR) is 142 cm³/mol. The SMILES string of the molecule is BC1=CC2c3c4c(c5c(c3N(CCOCCCC)C2C=C1)CCc1cc(OC)ccc1-5)C(=O)NC4. The van der Waals surface area contributed by atoms with Gasteiger partial charge in [-0.2, -0.15) is 0 Å². The van der Waals surface area contributed by atoms with E-state index in [9.17, 15) is 4.79 Å².